The fourth-order valence-electron chi connectivity index (χ4n) is 1.41. The van der Waals surface area contributed by atoms with Crippen LogP contribution in [0.4, 0.5) is 4.39 Å². The number of ether oxygens (including phenoxy) is 1. The quantitative estimate of drug-likeness (QED) is 0.854. The molecule has 0 amide bonds. The van der Waals surface area contributed by atoms with E-state index in [0.717, 1.165) is 5.56 Å². The maximum absolute atomic E-state index is 13.4. The van der Waals surface area contributed by atoms with Gasteiger partial charge < -0.3 is 10.5 Å². The number of benzene rings is 1. The van der Waals surface area contributed by atoms with Crippen molar-refractivity contribution in [3.8, 4) is 5.75 Å². The zero-order chi connectivity index (χ0) is 12.3. The molecule has 1 atom stereocenters. The normalized spacial score (nSPS) is 12.9. The molecule has 90 valence electrons. The van der Waals surface area contributed by atoms with Gasteiger partial charge in [0.15, 0.2) is 0 Å². The monoisotopic (exact) mass is 225 g/mol. The highest BCUT2D eigenvalue weighted by atomic mass is 19.1. The van der Waals surface area contributed by atoms with Crippen LogP contribution in [0.3, 0.4) is 0 Å². The van der Waals surface area contributed by atoms with Crippen molar-refractivity contribution < 1.29 is 9.13 Å². The summed E-state index contributed by atoms with van der Waals surface area (Å²) in [6, 6.07) is 2.96. The molecule has 2 N–H and O–H groups in total. The Hall–Kier alpha value is -1.09. The van der Waals surface area contributed by atoms with Crippen LogP contribution >= 0.6 is 0 Å². The fourth-order valence-corrected chi connectivity index (χ4v) is 1.41. The molecule has 0 spiro atoms. The largest absolute Gasteiger partial charge is 0.493 e. The lowest BCUT2D eigenvalue weighted by molar-refractivity contribution is 0.267. The lowest BCUT2D eigenvalue weighted by Crippen LogP contribution is -2.11. The molecule has 2 nitrogen and oxygen atoms in total. The van der Waals surface area contributed by atoms with Gasteiger partial charge in [-0.25, -0.2) is 4.39 Å². The number of hydrogen-bond donors (Lipinski definition) is 1. The van der Waals surface area contributed by atoms with Crippen LogP contribution in [0, 0.1) is 18.7 Å². The van der Waals surface area contributed by atoms with Crippen LogP contribution in [0.15, 0.2) is 12.1 Å². The highest BCUT2D eigenvalue weighted by Gasteiger charge is 2.12. The van der Waals surface area contributed by atoms with Crippen LogP contribution in [0.2, 0.25) is 0 Å². The summed E-state index contributed by atoms with van der Waals surface area (Å²) in [5.41, 5.74) is 7.11. The van der Waals surface area contributed by atoms with Gasteiger partial charge in [-0.1, -0.05) is 13.8 Å². The molecule has 0 saturated carbocycles. The summed E-state index contributed by atoms with van der Waals surface area (Å²) in [4.78, 5) is 0. The Morgan fingerprint density at radius 2 is 1.94 bits per heavy atom. The molecule has 3 heteroatoms. The van der Waals surface area contributed by atoms with Crippen molar-refractivity contribution in [2.75, 3.05) is 6.61 Å². The van der Waals surface area contributed by atoms with Crippen LogP contribution in [0.25, 0.3) is 0 Å². The lowest BCUT2D eigenvalue weighted by atomic mass is 10.0. The molecule has 0 heterocycles. The van der Waals surface area contributed by atoms with E-state index in [2.05, 4.69) is 13.8 Å². The first-order valence-electron chi connectivity index (χ1n) is 5.60. The molecule has 1 rings (SSSR count). The predicted octanol–water partition coefficient (Wildman–Crippen LogP) is 3.19. The SMILES string of the molecule is Cc1cc(OCC(C)C)c([C@H](C)N)cc1F. The second-order valence-corrected chi connectivity index (χ2v) is 4.63. The number of hydrogen-bond acceptors (Lipinski definition) is 2. The van der Waals surface area contributed by atoms with Gasteiger partial charge in [-0.15, -0.1) is 0 Å². The molecule has 0 aliphatic rings. The van der Waals surface area contributed by atoms with Gasteiger partial charge >= 0.3 is 0 Å². The molecule has 0 aliphatic carbocycles. The number of aryl methyl sites for hydroxylation is 1. The first-order valence-corrected chi connectivity index (χ1v) is 5.60. The maximum Gasteiger partial charge on any atom is 0.126 e. The molecule has 16 heavy (non-hydrogen) atoms. The average molecular weight is 225 g/mol. The van der Waals surface area contributed by atoms with Gasteiger partial charge in [0, 0.05) is 11.6 Å². The first-order chi connectivity index (χ1) is 7.41. The van der Waals surface area contributed by atoms with Crippen molar-refractivity contribution in [3.63, 3.8) is 0 Å². The molecule has 1 aromatic rings. The van der Waals surface area contributed by atoms with E-state index >= 15 is 0 Å². The molecular weight excluding hydrogens is 205 g/mol. The predicted molar refractivity (Wildman–Crippen MR) is 64.1 cm³/mol. The molecule has 0 unspecified atom stereocenters. The minimum Gasteiger partial charge on any atom is -0.493 e. The molecule has 1 aromatic carbocycles. The summed E-state index contributed by atoms with van der Waals surface area (Å²) in [6.45, 7) is 8.31. The molecule has 0 fully saturated rings. The van der Waals surface area contributed by atoms with Crippen LogP contribution in [0.1, 0.15) is 37.9 Å². The number of nitrogens with two attached hydrogens (primary N) is 1. The van der Waals surface area contributed by atoms with E-state index in [1.165, 1.54) is 6.07 Å². The summed E-state index contributed by atoms with van der Waals surface area (Å²) in [7, 11) is 0. The van der Waals surface area contributed by atoms with E-state index < -0.39 is 0 Å². The van der Waals surface area contributed by atoms with Crippen molar-refractivity contribution in [2.24, 2.45) is 11.7 Å². The third kappa shape index (κ3) is 3.20. The van der Waals surface area contributed by atoms with Gasteiger partial charge in [0.2, 0.25) is 0 Å². The van der Waals surface area contributed by atoms with Crippen LogP contribution in [0.5, 0.6) is 5.75 Å². The number of halogens is 1. The first kappa shape index (κ1) is 13.0. The second-order valence-electron chi connectivity index (χ2n) is 4.63. The molecule has 0 bridgehead atoms. The summed E-state index contributed by atoms with van der Waals surface area (Å²) in [5.74, 6) is 0.901. The maximum atomic E-state index is 13.4. The van der Waals surface area contributed by atoms with Gasteiger partial charge in [-0.3, -0.25) is 0 Å². The topological polar surface area (TPSA) is 35.2 Å². The Kier molecular flexibility index (Phi) is 4.30. The Labute approximate surface area is 96.6 Å². The van der Waals surface area contributed by atoms with Gasteiger partial charge in [0.1, 0.15) is 11.6 Å². The Bertz CT molecular complexity index is 361. The van der Waals surface area contributed by atoms with E-state index in [1.54, 1.807) is 13.0 Å². The molecular formula is C13H20FNO. The van der Waals surface area contributed by atoms with Crippen LogP contribution in [-0.4, -0.2) is 6.61 Å². The highest BCUT2D eigenvalue weighted by molar-refractivity contribution is 5.39. The third-order valence-electron chi connectivity index (χ3n) is 2.35. The van der Waals surface area contributed by atoms with Crippen LogP contribution in [-0.2, 0) is 0 Å². The van der Waals surface area contributed by atoms with E-state index in [4.69, 9.17) is 10.5 Å². The molecule has 0 aromatic heterocycles. The Morgan fingerprint density at radius 1 is 1.31 bits per heavy atom. The minimum atomic E-state index is -0.232. The average Bonchev–Trinajstić information content (AvgIpc) is 2.18. The van der Waals surface area contributed by atoms with E-state index in [0.29, 0.717) is 23.8 Å². The standard InChI is InChI=1S/C13H20FNO/c1-8(2)7-16-13-5-9(3)12(14)6-11(13)10(4)15/h5-6,8,10H,7,15H2,1-4H3/t10-/m0/s1. The van der Waals surface area contributed by atoms with Crippen molar-refractivity contribution in [1.82, 2.24) is 0 Å². The summed E-state index contributed by atoms with van der Waals surface area (Å²) < 4.78 is 19.1. The Morgan fingerprint density at radius 3 is 2.44 bits per heavy atom. The third-order valence-corrected chi connectivity index (χ3v) is 2.35. The van der Waals surface area contributed by atoms with Crippen LogP contribution < -0.4 is 10.5 Å². The zero-order valence-electron chi connectivity index (χ0n) is 10.4. The van der Waals surface area contributed by atoms with Crippen molar-refractivity contribution in [3.05, 3.63) is 29.1 Å². The van der Waals surface area contributed by atoms with Crippen molar-refractivity contribution in [1.29, 1.82) is 0 Å². The van der Waals surface area contributed by atoms with Gasteiger partial charge in [0.05, 0.1) is 6.61 Å². The Balaban J connectivity index is 3.00. The minimum absolute atomic E-state index is 0.225. The summed E-state index contributed by atoms with van der Waals surface area (Å²) in [6.07, 6.45) is 0. The van der Waals surface area contributed by atoms with E-state index in [-0.39, 0.29) is 11.9 Å². The van der Waals surface area contributed by atoms with Crippen molar-refractivity contribution >= 4 is 0 Å². The smallest absolute Gasteiger partial charge is 0.126 e. The highest BCUT2D eigenvalue weighted by Crippen LogP contribution is 2.27. The van der Waals surface area contributed by atoms with E-state index in [9.17, 15) is 4.39 Å². The zero-order valence-corrected chi connectivity index (χ0v) is 10.4. The van der Waals surface area contributed by atoms with Crippen molar-refractivity contribution in [2.45, 2.75) is 33.7 Å². The number of rotatable bonds is 4. The second kappa shape index (κ2) is 5.30. The summed E-state index contributed by atoms with van der Waals surface area (Å²) in [5, 5.41) is 0. The molecule has 0 saturated heterocycles. The van der Waals surface area contributed by atoms with E-state index in [1.807, 2.05) is 6.92 Å². The fraction of sp³-hybridized carbons (Fsp3) is 0.538. The lowest BCUT2D eigenvalue weighted by Gasteiger charge is -2.16. The van der Waals surface area contributed by atoms with Gasteiger partial charge in [-0.05, 0) is 37.5 Å². The van der Waals surface area contributed by atoms with Gasteiger partial charge in [-0.2, -0.15) is 0 Å². The molecule has 0 aliphatic heterocycles. The molecule has 0 radical (unpaired) electrons. The summed E-state index contributed by atoms with van der Waals surface area (Å²) >= 11 is 0. The van der Waals surface area contributed by atoms with Gasteiger partial charge in [0.25, 0.3) is 0 Å².